The summed E-state index contributed by atoms with van der Waals surface area (Å²) in [6, 6.07) is 11.5. The van der Waals surface area contributed by atoms with E-state index < -0.39 is 11.4 Å². The third kappa shape index (κ3) is 4.82. The second-order valence-corrected chi connectivity index (χ2v) is 11.1. The molecular formula is C32H30ClFN6O2. The fourth-order valence-corrected chi connectivity index (χ4v) is 5.89. The Kier molecular flexibility index (Phi) is 7.85. The number of piperazine rings is 1. The lowest BCUT2D eigenvalue weighted by Gasteiger charge is -2.41. The zero-order valence-corrected chi connectivity index (χ0v) is 24.6. The molecule has 0 radical (unpaired) electrons. The van der Waals surface area contributed by atoms with Crippen molar-refractivity contribution in [1.82, 2.24) is 19.4 Å². The highest BCUT2D eigenvalue weighted by Gasteiger charge is 2.32. The molecule has 1 atom stereocenters. The van der Waals surface area contributed by atoms with E-state index in [0.717, 1.165) is 5.56 Å². The first-order valence-electron chi connectivity index (χ1n) is 13.7. The number of rotatable bonds is 5. The topological polar surface area (TPSA) is 95.1 Å². The van der Waals surface area contributed by atoms with E-state index in [4.69, 9.17) is 16.6 Å². The number of hydrogen-bond donors (Lipinski definition) is 0. The van der Waals surface area contributed by atoms with Crippen LogP contribution in [0.5, 0.6) is 0 Å². The summed E-state index contributed by atoms with van der Waals surface area (Å²) in [5, 5.41) is 11.0. The number of halogens is 2. The van der Waals surface area contributed by atoms with Crippen LogP contribution in [0.3, 0.4) is 0 Å². The minimum Gasteiger partial charge on any atom is -0.366 e. The minimum atomic E-state index is -0.565. The number of amides is 1. The van der Waals surface area contributed by atoms with Gasteiger partial charge in [0.15, 0.2) is 0 Å². The Morgan fingerprint density at radius 3 is 2.62 bits per heavy atom. The van der Waals surface area contributed by atoms with Gasteiger partial charge in [-0.1, -0.05) is 44.2 Å². The van der Waals surface area contributed by atoms with E-state index in [1.54, 1.807) is 41.4 Å². The molecule has 214 valence electrons. The SMILES string of the molecule is C=CC(=O)N1CCN(c2c(C#N)c(=O)n(-c3c(C)ccnc3C(C)C)c3nc(-c4ccccc4F)c(Cl)cc23)C[C@H]1C. The summed E-state index contributed by atoms with van der Waals surface area (Å²) in [6.07, 6.45) is 2.96. The Bertz CT molecular complexity index is 1840. The summed E-state index contributed by atoms with van der Waals surface area (Å²) >= 11 is 6.79. The summed E-state index contributed by atoms with van der Waals surface area (Å²) in [5.74, 6) is -0.747. The van der Waals surface area contributed by atoms with Crippen LogP contribution in [0.4, 0.5) is 10.1 Å². The number of nitrogens with zero attached hydrogens (tertiary/aromatic N) is 6. The maximum Gasteiger partial charge on any atom is 0.276 e. The zero-order valence-electron chi connectivity index (χ0n) is 23.9. The van der Waals surface area contributed by atoms with E-state index in [1.165, 1.54) is 16.7 Å². The zero-order chi connectivity index (χ0) is 30.3. The molecule has 1 fully saturated rings. The summed E-state index contributed by atoms with van der Waals surface area (Å²) in [5.41, 5.74) is 2.28. The van der Waals surface area contributed by atoms with Crippen LogP contribution in [0.2, 0.25) is 5.02 Å². The van der Waals surface area contributed by atoms with Gasteiger partial charge in [-0.3, -0.25) is 19.1 Å². The molecule has 1 saturated heterocycles. The molecule has 1 amide bonds. The normalized spacial score (nSPS) is 15.2. The third-order valence-corrected chi connectivity index (χ3v) is 7.93. The number of nitriles is 1. The van der Waals surface area contributed by atoms with Gasteiger partial charge >= 0.3 is 0 Å². The van der Waals surface area contributed by atoms with Gasteiger partial charge in [0.05, 0.1) is 27.8 Å². The average Bonchev–Trinajstić information content (AvgIpc) is 2.96. The number of carbonyl (C=O) groups is 1. The molecule has 0 aliphatic carbocycles. The fourth-order valence-electron chi connectivity index (χ4n) is 5.64. The number of anilines is 1. The first-order chi connectivity index (χ1) is 20.1. The Morgan fingerprint density at radius 1 is 1.24 bits per heavy atom. The molecule has 0 spiro atoms. The molecule has 3 aromatic heterocycles. The quantitative estimate of drug-likeness (QED) is 0.277. The van der Waals surface area contributed by atoms with Crippen LogP contribution < -0.4 is 10.5 Å². The van der Waals surface area contributed by atoms with Gasteiger partial charge in [0, 0.05) is 42.8 Å². The van der Waals surface area contributed by atoms with Gasteiger partial charge in [-0.2, -0.15) is 5.26 Å². The van der Waals surface area contributed by atoms with Crippen molar-refractivity contribution in [2.75, 3.05) is 24.5 Å². The van der Waals surface area contributed by atoms with Crippen LogP contribution >= 0.6 is 11.6 Å². The highest BCUT2D eigenvalue weighted by molar-refractivity contribution is 6.34. The van der Waals surface area contributed by atoms with E-state index in [9.17, 15) is 19.2 Å². The molecule has 1 aliphatic heterocycles. The van der Waals surface area contributed by atoms with E-state index >= 15 is 0 Å². The number of pyridine rings is 3. The molecule has 1 aromatic carbocycles. The van der Waals surface area contributed by atoms with Crippen LogP contribution in [-0.4, -0.2) is 51.0 Å². The molecule has 0 bridgehead atoms. The van der Waals surface area contributed by atoms with Gasteiger partial charge in [-0.05, 0) is 55.7 Å². The highest BCUT2D eigenvalue weighted by atomic mass is 35.5. The fraction of sp³-hybridized carbons (Fsp3) is 0.281. The van der Waals surface area contributed by atoms with Crippen LogP contribution in [0.25, 0.3) is 28.0 Å². The lowest BCUT2D eigenvalue weighted by atomic mass is 10.0. The Morgan fingerprint density at radius 2 is 1.98 bits per heavy atom. The van der Waals surface area contributed by atoms with Crippen molar-refractivity contribution in [1.29, 1.82) is 5.26 Å². The Balaban J connectivity index is 1.89. The molecule has 4 aromatic rings. The van der Waals surface area contributed by atoms with Gasteiger partial charge < -0.3 is 9.80 Å². The van der Waals surface area contributed by atoms with Crippen molar-refractivity contribution in [2.45, 2.75) is 39.7 Å². The summed E-state index contributed by atoms with van der Waals surface area (Å²) in [6.45, 7) is 12.4. The molecule has 4 heterocycles. The number of hydrogen-bond acceptors (Lipinski definition) is 6. The van der Waals surface area contributed by atoms with E-state index in [1.807, 2.05) is 32.6 Å². The lowest BCUT2D eigenvalue weighted by Crippen LogP contribution is -2.54. The molecular weight excluding hydrogens is 555 g/mol. The second-order valence-electron chi connectivity index (χ2n) is 10.7. The van der Waals surface area contributed by atoms with Crippen molar-refractivity contribution in [2.24, 2.45) is 0 Å². The van der Waals surface area contributed by atoms with Crippen molar-refractivity contribution in [3.8, 4) is 23.0 Å². The molecule has 0 N–H and O–H groups in total. The van der Waals surface area contributed by atoms with Crippen LogP contribution in [0.1, 0.15) is 43.5 Å². The van der Waals surface area contributed by atoms with Gasteiger partial charge in [0.1, 0.15) is 23.1 Å². The third-order valence-electron chi connectivity index (χ3n) is 7.64. The van der Waals surface area contributed by atoms with Gasteiger partial charge in [0.25, 0.3) is 5.56 Å². The van der Waals surface area contributed by atoms with Crippen LogP contribution in [-0.2, 0) is 4.79 Å². The number of carbonyl (C=O) groups excluding carboxylic acids is 1. The second kappa shape index (κ2) is 11.4. The van der Waals surface area contributed by atoms with Crippen molar-refractivity contribution < 1.29 is 9.18 Å². The Hall–Kier alpha value is -4.55. The van der Waals surface area contributed by atoms with E-state index in [2.05, 4.69) is 17.6 Å². The summed E-state index contributed by atoms with van der Waals surface area (Å²) < 4.78 is 16.4. The van der Waals surface area contributed by atoms with E-state index in [-0.39, 0.29) is 45.4 Å². The summed E-state index contributed by atoms with van der Waals surface area (Å²) in [4.78, 5) is 39.8. The molecule has 5 rings (SSSR count). The predicted octanol–water partition coefficient (Wildman–Crippen LogP) is 5.77. The van der Waals surface area contributed by atoms with Gasteiger partial charge in [-0.15, -0.1) is 0 Å². The average molecular weight is 585 g/mol. The molecule has 10 heteroatoms. The lowest BCUT2D eigenvalue weighted by molar-refractivity contribution is -0.128. The minimum absolute atomic E-state index is 0.0540. The maximum atomic E-state index is 15.0. The largest absolute Gasteiger partial charge is 0.366 e. The van der Waals surface area contributed by atoms with Crippen LogP contribution in [0.15, 0.2) is 60.0 Å². The van der Waals surface area contributed by atoms with Crippen molar-refractivity contribution >= 4 is 34.2 Å². The Labute approximate surface area is 248 Å². The molecule has 1 aliphatic rings. The van der Waals surface area contributed by atoms with Gasteiger partial charge in [-0.25, -0.2) is 9.37 Å². The molecule has 8 nitrogen and oxygen atoms in total. The van der Waals surface area contributed by atoms with Crippen molar-refractivity contribution in [3.63, 3.8) is 0 Å². The number of aryl methyl sites for hydroxylation is 1. The summed E-state index contributed by atoms with van der Waals surface area (Å²) in [7, 11) is 0. The number of aromatic nitrogens is 3. The monoisotopic (exact) mass is 584 g/mol. The standard InChI is InChI=1S/C32H30ClFN6O2/c1-6-26(41)39-14-13-38(17-20(39)5)30-22-15-24(33)28(21-9-7-8-10-25(21)34)37-31(22)40(32(42)23(30)16-35)29-19(4)11-12-36-27(29)18(2)3/h6-12,15,18,20H,1,13-14,17H2,2-5H3/t20-/m1/s1. The molecule has 0 unspecified atom stereocenters. The highest BCUT2D eigenvalue weighted by Crippen LogP contribution is 2.38. The first-order valence-corrected chi connectivity index (χ1v) is 14.0. The smallest absolute Gasteiger partial charge is 0.276 e. The van der Waals surface area contributed by atoms with Crippen molar-refractivity contribution in [3.05, 3.63) is 93.3 Å². The maximum absolute atomic E-state index is 15.0. The van der Waals surface area contributed by atoms with E-state index in [0.29, 0.717) is 42.1 Å². The van der Waals surface area contributed by atoms with Gasteiger partial charge in [0.2, 0.25) is 5.91 Å². The first kappa shape index (κ1) is 29.0. The molecule has 0 saturated carbocycles. The number of benzene rings is 1. The predicted molar refractivity (Wildman–Crippen MR) is 163 cm³/mol. The number of fused-ring (bicyclic) bond motifs is 1. The van der Waals surface area contributed by atoms with Crippen LogP contribution in [0, 0.1) is 24.1 Å². The molecule has 42 heavy (non-hydrogen) atoms.